The van der Waals surface area contributed by atoms with Crippen molar-refractivity contribution in [1.82, 2.24) is 10.5 Å². The summed E-state index contributed by atoms with van der Waals surface area (Å²) in [5, 5.41) is 7.09. The summed E-state index contributed by atoms with van der Waals surface area (Å²) in [5.74, 6) is 1.33. The maximum atomic E-state index is 12.3. The molecule has 132 valence electrons. The third-order valence-electron chi connectivity index (χ3n) is 3.91. The van der Waals surface area contributed by atoms with E-state index in [9.17, 15) is 4.79 Å². The molecule has 0 saturated carbocycles. The number of benzene rings is 2. The Morgan fingerprint density at radius 2 is 1.92 bits per heavy atom. The number of halogens is 1. The van der Waals surface area contributed by atoms with Crippen molar-refractivity contribution in [2.75, 3.05) is 13.2 Å². The van der Waals surface area contributed by atoms with E-state index in [-0.39, 0.29) is 18.1 Å². The molecule has 1 aliphatic rings. The van der Waals surface area contributed by atoms with Gasteiger partial charge in [-0.05, 0) is 17.7 Å². The summed E-state index contributed by atoms with van der Waals surface area (Å²) in [6.45, 7) is 1.22. The molecule has 1 aliphatic heterocycles. The van der Waals surface area contributed by atoms with Gasteiger partial charge in [0.2, 0.25) is 0 Å². The van der Waals surface area contributed by atoms with Gasteiger partial charge in [0.1, 0.15) is 13.2 Å². The third-order valence-corrected chi connectivity index (χ3v) is 4.19. The van der Waals surface area contributed by atoms with Gasteiger partial charge in [0, 0.05) is 18.2 Å². The molecule has 1 amide bonds. The molecule has 0 atom stereocenters. The molecule has 3 aromatic rings. The molecule has 4 rings (SSSR count). The van der Waals surface area contributed by atoms with Gasteiger partial charge in [-0.1, -0.05) is 47.1 Å². The van der Waals surface area contributed by atoms with Crippen molar-refractivity contribution in [2.45, 2.75) is 6.54 Å². The topological polar surface area (TPSA) is 73.6 Å². The van der Waals surface area contributed by atoms with Crippen molar-refractivity contribution < 1.29 is 18.8 Å². The molecule has 1 N–H and O–H groups in total. The Labute approximate surface area is 154 Å². The molecule has 6 nitrogen and oxygen atoms in total. The average Bonchev–Trinajstić information content (AvgIpc) is 3.17. The van der Waals surface area contributed by atoms with Crippen LogP contribution in [0, 0.1) is 0 Å². The Kier molecular flexibility index (Phi) is 4.50. The zero-order chi connectivity index (χ0) is 17.9. The zero-order valence-electron chi connectivity index (χ0n) is 13.7. The third kappa shape index (κ3) is 3.36. The van der Waals surface area contributed by atoms with Crippen LogP contribution in [0.4, 0.5) is 0 Å². The van der Waals surface area contributed by atoms with Gasteiger partial charge in [0.25, 0.3) is 5.91 Å². The van der Waals surface area contributed by atoms with Crippen LogP contribution in [0.2, 0.25) is 5.02 Å². The molecular formula is C19H15ClN2O4. The fraction of sp³-hybridized carbons (Fsp3) is 0.158. The summed E-state index contributed by atoms with van der Waals surface area (Å²) < 4.78 is 16.3. The maximum absolute atomic E-state index is 12.3. The number of carbonyl (C=O) groups excluding carboxylic acids is 1. The highest BCUT2D eigenvalue weighted by molar-refractivity contribution is 6.32. The van der Waals surface area contributed by atoms with Crippen LogP contribution in [-0.4, -0.2) is 24.3 Å². The monoisotopic (exact) mass is 370 g/mol. The summed E-state index contributed by atoms with van der Waals surface area (Å²) >= 11 is 6.21. The number of carbonyl (C=O) groups is 1. The zero-order valence-corrected chi connectivity index (χ0v) is 14.5. The molecule has 0 aliphatic carbocycles. The molecule has 0 unspecified atom stereocenters. The van der Waals surface area contributed by atoms with Gasteiger partial charge in [-0.3, -0.25) is 4.79 Å². The number of hydrogen-bond donors (Lipinski definition) is 1. The van der Waals surface area contributed by atoms with Crippen molar-refractivity contribution in [3.63, 3.8) is 0 Å². The Morgan fingerprint density at radius 1 is 1.12 bits per heavy atom. The van der Waals surface area contributed by atoms with E-state index in [0.717, 1.165) is 11.1 Å². The Hall–Kier alpha value is -2.99. The molecule has 0 fully saturated rings. The van der Waals surface area contributed by atoms with Crippen LogP contribution in [0.25, 0.3) is 11.3 Å². The molecule has 0 saturated heterocycles. The minimum atomic E-state index is -0.332. The molecule has 1 aromatic heterocycles. The second kappa shape index (κ2) is 7.09. The summed E-state index contributed by atoms with van der Waals surface area (Å²) in [4.78, 5) is 12.3. The number of nitrogens with one attached hydrogen (secondary N) is 1. The van der Waals surface area contributed by atoms with Crippen molar-refractivity contribution in [1.29, 1.82) is 0 Å². The number of rotatable bonds is 4. The average molecular weight is 371 g/mol. The molecule has 0 spiro atoms. The van der Waals surface area contributed by atoms with Crippen molar-refractivity contribution >= 4 is 17.5 Å². The summed E-state index contributed by atoms with van der Waals surface area (Å²) in [6, 6.07) is 14.6. The first-order valence-corrected chi connectivity index (χ1v) is 8.47. The van der Waals surface area contributed by atoms with E-state index in [1.165, 1.54) is 0 Å². The Bertz CT molecular complexity index is 940. The number of nitrogens with zero attached hydrogens (tertiary/aromatic N) is 1. The largest absolute Gasteiger partial charge is 0.486 e. The van der Waals surface area contributed by atoms with Gasteiger partial charge < -0.3 is 19.3 Å². The van der Waals surface area contributed by atoms with Gasteiger partial charge in [0.15, 0.2) is 23.0 Å². The molecule has 26 heavy (non-hydrogen) atoms. The lowest BCUT2D eigenvalue weighted by molar-refractivity contribution is 0.0942. The van der Waals surface area contributed by atoms with Crippen molar-refractivity contribution in [2.24, 2.45) is 0 Å². The lowest BCUT2D eigenvalue weighted by Crippen LogP contribution is -2.23. The summed E-state index contributed by atoms with van der Waals surface area (Å²) in [6.07, 6.45) is 0. The molecule has 2 aromatic carbocycles. The SMILES string of the molecule is O=C(NCc1cc(Cl)c2c(c1)OCCO2)c1cc(-c2ccccc2)on1. The molecular weight excluding hydrogens is 356 g/mol. The summed E-state index contributed by atoms with van der Waals surface area (Å²) in [5.41, 5.74) is 1.88. The maximum Gasteiger partial charge on any atom is 0.273 e. The second-order valence-electron chi connectivity index (χ2n) is 5.73. The quantitative estimate of drug-likeness (QED) is 0.758. The van der Waals surface area contributed by atoms with Gasteiger partial charge in [-0.25, -0.2) is 0 Å². The van der Waals surface area contributed by atoms with Crippen LogP contribution < -0.4 is 14.8 Å². The van der Waals surface area contributed by atoms with E-state index in [0.29, 0.717) is 35.5 Å². The van der Waals surface area contributed by atoms with E-state index in [1.54, 1.807) is 18.2 Å². The van der Waals surface area contributed by atoms with Crippen LogP contribution >= 0.6 is 11.6 Å². The number of ether oxygens (including phenoxy) is 2. The molecule has 2 heterocycles. The first kappa shape index (κ1) is 16.5. The van der Waals surface area contributed by atoms with Gasteiger partial charge in [-0.2, -0.15) is 0 Å². The van der Waals surface area contributed by atoms with Gasteiger partial charge >= 0.3 is 0 Å². The number of amides is 1. The predicted molar refractivity (Wildman–Crippen MR) is 95.6 cm³/mol. The van der Waals surface area contributed by atoms with E-state index in [4.69, 9.17) is 25.6 Å². The first-order valence-electron chi connectivity index (χ1n) is 8.09. The van der Waals surface area contributed by atoms with Crippen molar-refractivity contribution in [3.8, 4) is 22.8 Å². The molecule has 7 heteroatoms. The van der Waals surface area contributed by atoms with E-state index in [1.807, 2.05) is 30.3 Å². The Morgan fingerprint density at radius 3 is 2.77 bits per heavy atom. The van der Waals surface area contributed by atoms with E-state index >= 15 is 0 Å². The fourth-order valence-electron chi connectivity index (χ4n) is 2.66. The van der Waals surface area contributed by atoms with Crippen LogP contribution in [0.5, 0.6) is 11.5 Å². The smallest absolute Gasteiger partial charge is 0.273 e. The minimum Gasteiger partial charge on any atom is -0.486 e. The highest BCUT2D eigenvalue weighted by Crippen LogP contribution is 2.38. The first-order chi connectivity index (χ1) is 12.7. The number of fused-ring (bicyclic) bond motifs is 1. The fourth-order valence-corrected chi connectivity index (χ4v) is 2.95. The molecule has 0 radical (unpaired) electrons. The Balaban J connectivity index is 1.45. The van der Waals surface area contributed by atoms with E-state index in [2.05, 4.69) is 10.5 Å². The van der Waals surface area contributed by atoms with Gasteiger partial charge in [-0.15, -0.1) is 0 Å². The second-order valence-corrected chi connectivity index (χ2v) is 6.13. The van der Waals surface area contributed by atoms with Crippen LogP contribution in [0.15, 0.2) is 53.1 Å². The lowest BCUT2D eigenvalue weighted by atomic mass is 10.1. The standard InChI is InChI=1S/C19H15ClN2O4/c20-14-8-12(9-17-18(14)25-7-6-24-17)11-21-19(23)15-10-16(26-22-15)13-4-2-1-3-5-13/h1-5,8-10H,6-7,11H2,(H,21,23). The minimum absolute atomic E-state index is 0.215. The predicted octanol–water partition coefficient (Wildman–Crippen LogP) is 3.70. The summed E-state index contributed by atoms with van der Waals surface area (Å²) in [7, 11) is 0. The van der Waals surface area contributed by atoms with E-state index < -0.39 is 0 Å². The number of hydrogen-bond acceptors (Lipinski definition) is 5. The van der Waals surface area contributed by atoms with Crippen LogP contribution in [0.1, 0.15) is 16.1 Å². The number of aromatic nitrogens is 1. The lowest BCUT2D eigenvalue weighted by Gasteiger charge is -2.20. The normalized spacial score (nSPS) is 12.7. The molecule has 0 bridgehead atoms. The van der Waals surface area contributed by atoms with Crippen molar-refractivity contribution in [3.05, 3.63) is 64.8 Å². The van der Waals surface area contributed by atoms with Gasteiger partial charge in [0.05, 0.1) is 5.02 Å². The van der Waals surface area contributed by atoms with Crippen LogP contribution in [-0.2, 0) is 6.54 Å². The highest BCUT2D eigenvalue weighted by Gasteiger charge is 2.18. The highest BCUT2D eigenvalue weighted by atomic mass is 35.5. The van der Waals surface area contributed by atoms with Crippen LogP contribution in [0.3, 0.4) is 0 Å².